The van der Waals surface area contributed by atoms with Crippen LogP contribution in [-0.2, 0) is 0 Å². The van der Waals surface area contributed by atoms with Gasteiger partial charge in [-0.05, 0) is 24.6 Å². The monoisotopic (exact) mass is 309 g/mol. The van der Waals surface area contributed by atoms with E-state index in [0.717, 1.165) is 16.5 Å². The van der Waals surface area contributed by atoms with Crippen molar-refractivity contribution in [1.29, 1.82) is 0 Å². The van der Waals surface area contributed by atoms with Gasteiger partial charge in [-0.1, -0.05) is 35.3 Å². The van der Waals surface area contributed by atoms with E-state index in [1.165, 1.54) is 11.3 Å². The molecular weight excluding hydrogens is 301 g/mol. The molecule has 0 radical (unpaired) electrons. The van der Waals surface area contributed by atoms with Crippen LogP contribution >= 0.6 is 34.5 Å². The van der Waals surface area contributed by atoms with E-state index in [1.807, 2.05) is 25.1 Å². The number of nitrogens with zero attached hydrogens (tertiary/aromatic N) is 2. The van der Waals surface area contributed by atoms with Crippen molar-refractivity contribution in [1.82, 2.24) is 9.97 Å². The number of nitrogen functional groups attached to an aromatic ring is 1. The average molecular weight is 310 g/mol. The quantitative estimate of drug-likeness (QED) is 0.717. The zero-order valence-corrected chi connectivity index (χ0v) is 12.3. The van der Waals surface area contributed by atoms with Gasteiger partial charge in [0.2, 0.25) is 0 Å². The number of para-hydroxylation sites is 1. The number of rotatable bonds is 1. The fraction of sp³-hybridized carbons (Fsp3) is 0.0769. The molecule has 2 heterocycles. The Morgan fingerprint density at radius 1 is 1.21 bits per heavy atom. The molecule has 3 rings (SSSR count). The van der Waals surface area contributed by atoms with Gasteiger partial charge in [-0.25, -0.2) is 9.97 Å². The van der Waals surface area contributed by atoms with Gasteiger partial charge in [0.05, 0.1) is 15.4 Å². The molecule has 0 unspecified atom stereocenters. The van der Waals surface area contributed by atoms with Gasteiger partial charge in [0.1, 0.15) is 10.2 Å². The molecule has 0 amide bonds. The molecule has 0 saturated carbocycles. The molecule has 0 aliphatic rings. The lowest BCUT2D eigenvalue weighted by Crippen LogP contribution is -1.98. The summed E-state index contributed by atoms with van der Waals surface area (Å²) in [4.78, 5) is 8.87. The first-order valence-electron chi connectivity index (χ1n) is 5.54. The Labute approximate surface area is 124 Å². The fourth-order valence-electron chi connectivity index (χ4n) is 1.93. The van der Waals surface area contributed by atoms with Crippen LogP contribution in [0.2, 0.25) is 8.67 Å². The number of aryl methyl sites for hydroxylation is 1. The predicted octanol–water partition coefficient (Wildman–Crippen LogP) is 4.56. The molecule has 0 spiro atoms. The molecule has 0 saturated heterocycles. The molecule has 0 atom stereocenters. The van der Waals surface area contributed by atoms with Crippen molar-refractivity contribution < 1.29 is 0 Å². The maximum Gasteiger partial charge on any atom is 0.164 e. The van der Waals surface area contributed by atoms with Crippen molar-refractivity contribution in [3.63, 3.8) is 0 Å². The van der Waals surface area contributed by atoms with E-state index in [4.69, 9.17) is 28.9 Å². The maximum absolute atomic E-state index is 6.14. The zero-order chi connectivity index (χ0) is 13.6. The van der Waals surface area contributed by atoms with E-state index in [1.54, 1.807) is 6.07 Å². The number of hydrogen-bond donors (Lipinski definition) is 1. The summed E-state index contributed by atoms with van der Waals surface area (Å²) in [5.74, 6) is 0.953. The van der Waals surface area contributed by atoms with Crippen molar-refractivity contribution in [3.05, 3.63) is 38.5 Å². The lowest BCUT2D eigenvalue weighted by Gasteiger charge is -2.06. The van der Waals surface area contributed by atoms with E-state index in [2.05, 4.69) is 9.97 Å². The molecule has 0 fully saturated rings. The van der Waals surface area contributed by atoms with Gasteiger partial charge in [0.25, 0.3) is 0 Å². The summed E-state index contributed by atoms with van der Waals surface area (Å²) in [6.45, 7) is 1.99. The van der Waals surface area contributed by atoms with Crippen molar-refractivity contribution in [3.8, 4) is 11.4 Å². The standard InChI is InChI=1S/C13H9Cl2N3S/c1-6-3-2-4-7-10(6)17-13(18-12(7)16)8-5-9(14)19-11(8)15/h2-5H,1H3,(H2,16,17,18). The minimum atomic E-state index is 0.446. The number of anilines is 1. The summed E-state index contributed by atoms with van der Waals surface area (Å²) in [7, 11) is 0. The van der Waals surface area contributed by atoms with Crippen LogP contribution in [0.15, 0.2) is 24.3 Å². The van der Waals surface area contributed by atoms with Crippen molar-refractivity contribution in [2.45, 2.75) is 6.92 Å². The number of halogens is 2. The Balaban J connectivity index is 2.32. The number of hydrogen-bond acceptors (Lipinski definition) is 4. The van der Waals surface area contributed by atoms with Crippen molar-refractivity contribution >= 4 is 51.3 Å². The normalized spacial score (nSPS) is 11.1. The second-order valence-electron chi connectivity index (χ2n) is 4.14. The first-order chi connectivity index (χ1) is 9.06. The molecule has 3 nitrogen and oxygen atoms in total. The van der Waals surface area contributed by atoms with E-state index in [0.29, 0.717) is 25.9 Å². The Morgan fingerprint density at radius 3 is 2.68 bits per heavy atom. The fourth-order valence-corrected chi connectivity index (χ4v) is 3.39. The summed E-state index contributed by atoms with van der Waals surface area (Å²) in [5.41, 5.74) is 8.60. The second kappa shape index (κ2) is 4.63. The van der Waals surface area contributed by atoms with Crippen LogP contribution in [0, 0.1) is 6.92 Å². The van der Waals surface area contributed by atoms with Gasteiger partial charge in [-0.3, -0.25) is 0 Å². The first kappa shape index (κ1) is 12.7. The lowest BCUT2D eigenvalue weighted by molar-refractivity contribution is 1.23. The third kappa shape index (κ3) is 2.16. The summed E-state index contributed by atoms with van der Waals surface area (Å²) in [6, 6.07) is 7.59. The lowest BCUT2D eigenvalue weighted by atomic mass is 10.1. The second-order valence-corrected chi connectivity index (χ2v) is 6.43. The minimum Gasteiger partial charge on any atom is -0.383 e. The van der Waals surface area contributed by atoms with Crippen LogP contribution in [0.25, 0.3) is 22.3 Å². The average Bonchev–Trinajstić information content (AvgIpc) is 2.70. The van der Waals surface area contributed by atoms with E-state index in [-0.39, 0.29) is 0 Å². The Bertz CT molecular complexity index is 783. The Hall–Kier alpha value is -1.36. The molecule has 2 N–H and O–H groups in total. The smallest absolute Gasteiger partial charge is 0.164 e. The summed E-state index contributed by atoms with van der Waals surface area (Å²) >= 11 is 13.4. The molecule has 19 heavy (non-hydrogen) atoms. The van der Waals surface area contributed by atoms with Gasteiger partial charge >= 0.3 is 0 Å². The molecule has 6 heteroatoms. The molecule has 2 aromatic heterocycles. The largest absolute Gasteiger partial charge is 0.383 e. The van der Waals surface area contributed by atoms with E-state index >= 15 is 0 Å². The van der Waals surface area contributed by atoms with E-state index < -0.39 is 0 Å². The number of aromatic nitrogens is 2. The molecule has 0 bridgehead atoms. The number of fused-ring (bicyclic) bond motifs is 1. The van der Waals surface area contributed by atoms with Gasteiger partial charge in [-0.2, -0.15) is 0 Å². The molecule has 1 aromatic carbocycles. The van der Waals surface area contributed by atoms with Crippen molar-refractivity contribution in [2.75, 3.05) is 5.73 Å². The number of thiophene rings is 1. The summed E-state index contributed by atoms with van der Waals surface area (Å²) in [6.07, 6.45) is 0. The Kier molecular flexibility index (Phi) is 3.09. The first-order valence-corrected chi connectivity index (χ1v) is 7.11. The van der Waals surface area contributed by atoms with Gasteiger partial charge in [0, 0.05) is 5.39 Å². The SMILES string of the molecule is Cc1cccc2c(N)nc(-c3cc(Cl)sc3Cl)nc12. The topological polar surface area (TPSA) is 51.8 Å². The molecule has 3 aromatic rings. The predicted molar refractivity (Wildman–Crippen MR) is 82.0 cm³/mol. The van der Waals surface area contributed by atoms with Crippen LogP contribution in [0.3, 0.4) is 0 Å². The van der Waals surface area contributed by atoms with Crippen LogP contribution in [0.4, 0.5) is 5.82 Å². The maximum atomic E-state index is 6.14. The number of nitrogens with two attached hydrogens (primary N) is 1. The van der Waals surface area contributed by atoms with Crippen LogP contribution < -0.4 is 5.73 Å². The highest BCUT2D eigenvalue weighted by Crippen LogP contribution is 2.37. The van der Waals surface area contributed by atoms with Gasteiger partial charge in [0.15, 0.2) is 5.82 Å². The summed E-state index contributed by atoms with van der Waals surface area (Å²) < 4.78 is 1.17. The van der Waals surface area contributed by atoms with Crippen molar-refractivity contribution in [2.24, 2.45) is 0 Å². The van der Waals surface area contributed by atoms with Crippen LogP contribution in [0.1, 0.15) is 5.56 Å². The molecule has 96 valence electrons. The molecule has 0 aliphatic heterocycles. The van der Waals surface area contributed by atoms with Crippen LogP contribution in [0.5, 0.6) is 0 Å². The third-order valence-corrected chi connectivity index (χ3v) is 4.34. The highest BCUT2D eigenvalue weighted by Gasteiger charge is 2.14. The van der Waals surface area contributed by atoms with Gasteiger partial charge in [-0.15, -0.1) is 11.3 Å². The molecular formula is C13H9Cl2N3S. The van der Waals surface area contributed by atoms with Gasteiger partial charge < -0.3 is 5.73 Å². The third-order valence-electron chi connectivity index (χ3n) is 2.86. The Morgan fingerprint density at radius 2 is 2.00 bits per heavy atom. The molecule has 0 aliphatic carbocycles. The number of benzene rings is 1. The minimum absolute atomic E-state index is 0.446. The van der Waals surface area contributed by atoms with Crippen LogP contribution in [-0.4, -0.2) is 9.97 Å². The highest BCUT2D eigenvalue weighted by atomic mass is 35.5. The summed E-state index contributed by atoms with van der Waals surface area (Å²) in [5, 5.41) is 0.848. The highest BCUT2D eigenvalue weighted by molar-refractivity contribution is 7.20. The zero-order valence-electron chi connectivity index (χ0n) is 9.95. The van der Waals surface area contributed by atoms with E-state index in [9.17, 15) is 0 Å².